The molecule has 0 aromatic heterocycles. The number of phenolic OH excluding ortho intramolecular Hbond substituents is 1. The molecule has 1 amide bonds. The second kappa shape index (κ2) is 12.7. The highest BCUT2D eigenvalue weighted by Crippen LogP contribution is 2.31. The van der Waals surface area contributed by atoms with Gasteiger partial charge in [0.15, 0.2) is 11.5 Å². The van der Waals surface area contributed by atoms with Crippen LogP contribution in [0.3, 0.4) is 0 Å². The lowest BCUT2D eigenvalue weighted by Crippen LogP contribution is -2.41. The van der Waals surface area contributed by atoms with Crippen LogP contribution < -0.4 is 10.1 Å². The molecule has 1 heterocycles. The highest BCUT2D eigenvalue weighted by molar-refractivity contribution is 6.27. The number of ether oxygens (including phenoxy) is 1. The van der Waals surface area contributed by atoms with Crippen LogP contribution in [0.25, 0.3) is 0 Å². The maximum absolute atomic E-state index is 12.2. The molecule has 1 aromatic rings. The summed E-state index contributed by atoms with van der Waals surface area (Å²) in [7, 11) is 0. The van der Waals surface area contributed by atoms with Crippen LogP contribution in [0.5, 0.6) is 11.5 Å². The van der Waals surface area contributed by atoms with E-state index < -0.39 is 11.9 Å². The smallest absolute Gasteiger partial charge is 0.414 e. The van der Waals surface area contributed by atoms with Gasteiger partial charge in [-0.25, -0.2) is 9.59 Å². The van der Waals surface area contributed by atoms with Crippen LogP contribution in [0.15, 0.2) is 18.2 Å². The molecule has 2 rings (SSSR count). The summed E-state index contributed by atoms with van der Waals surface area (Å²) >= 11 is 0. The average molecular weight is 424 g/mol. The molecule has 0 radical (unpaired) electrons. The Bertz CT molecular complexity index is 701. The van der Waals surface area contributed by atoms with E-state index in [1.54, 1.807) is 6.07 Å². The number of aromatic hydroxyl groups is 1. The molecule has 1 aliphatic heterocycles. The Kier molecular flexibility index (Phi) is 10.7. The van der Waals surface area contributed by atoms with Crippen LogP contribution in [-0.2, 0) is 20.9 Å². The van der Waals surface area contributed by atoms with E-state index in [1.165, 1.54) is 0 Å². The summed E-state index contributed by atoms with van der Waals surface area (Å²) in [6.45, 7) is 9.83. The summed E-state index contributed by atoms with van der Waals surface area (Å²) in [5, 5.41) is 28.1. The van der Waals surface area contributed by atoms with Crippen LogP contribution in [0.4, 0.5) is 0 Å². The molecule has 9 nitrogen and oxygen atoms in total. The van der Waals surface area contributed by atoms with E-state index in [0.29, 0.717) is 24.8 Å². The highest BCUT2D eigenvalue weighted by Gasteiger charge is 2.25. The van der Waals surface area contributed by atoms with Crippen molar-refractivity contribution in [3.05, 3.63) is 23.8 Å². The highest BCUT2D eigenvalue weighted by atomic mass is 16.5. The number of nitrogens with zero attached hydrogens (tertiary/aromatic N) is 1. The van der Waals surface area contributed by atoms with Gasteiger partial charge < -0.3 is 25.4 Å². The topological polar surface area (TPSA) is 136 Å². The maximum Gasteiger partial charge on any atom is 0.414 e. The molecule has 0 saturated carbocycles. The number of rotatable bonds is 7. The van der Waals surface area contributed by atoms with Crippen molar-refractivity contribution in [2.45, 2.75) is 40.2 Å². The number of nitrogens with one attached hydrogen (secondary N) is 1. The number of likely N-dealkylation sites (tertiary alicyclic amines) is 1. The van der Waals surface area contributed by atoms with E-state index in [4.69, 9.17) is 24.5 Å². The fraction of sp³-hybridized carbons (Fsp3) is 0.571. The maximum atomic E-state index is 12.2. The zero-order valence-corrected chi connectivity index (χ0v) is 17.8. The van der Waals surface area contributed by atoms with Gasteiger partial charge in [0.05, 0.1) is 6.61 Å². The summed E-state index contributed by atoms with van der Waals surface area (Å²) in [5.74, 6) is -2.10. The first kappa shape index (κ1) is 25.2. The number of carboxylic acid groups (broad SMARTS) is 2. The third kappa shape index (κ3) is 8.69. The van der Waals surface area contributed by atoms with Crippen molar-refractivity contribution in [3.8, 4) is 11.5 Å². The predicted molar refractivity (Wildman–Crippen MR) is 110 cm³/mol. The number of hydrogen-bond donors (Lipinski definition) is 4. The van der Waals surface area contributed by atoms with Crippen LogP contribution in [0.1, 0.15) is 39.2 Å². The molecule has 0 spiro atoms. The summed E-state index contributed by atoms with van der Waals surface area (Å²) in [4.78, 5) is 32.6. The van der Waals surface area contributed by atoms with Crippen molar-refractivity contribution in [2.75, 3.05) is 26.2 Å². The van der Waals surface area contributed by atoms with Crippen molar-refractivity contribution in [2.24, 2.45) is 11.8 Å². The first-order valence-electron chi connectivity index (χ1n) is 10.1. The third-order valence-electron chi connectivity index (χ3n) is 4.60. The van der Waals surface area contributed by atoms with Crippen molar-refractivity contribution in [1.82, 2.24) is 10.2 Å². The summed E-state index contributed by atoms with van der Waals surface area (Å²) in [6, 6.07) is 5.62. The monoisotopic (exact) mass is 424 g/mol. The molecule has 0 bridgehead atoms. The molecule has 0 unspecified atom stereocenters. The second-order valence-corrected chi connectivity index (χ2v) is 7.50. The Hall–Kier alpha value is -2.81. The molecular formula is C21H32N2O7. The van der Waals surface area contributed by atoms with E-state index >= 15 is 0 Å². The fourth-order valence-electron chi connectivity index (χ4n) is 3.01. The Balaban J connectivity index is 0.000000656. The van der Waals surface area contributed by atoms with Crippen molar-refractivity contribution >= 4 is 17.8 Å². The number of carboxylic acids is 2. The number of benzene rings is 1. The second-order valence-electron chi connectivity index (χ2n) is 7.50. The van der Waals surface area contributed by atoms with E-state index in [0.717, 1.165) is 38.0 Å². The number of hydrogen-bond acceptors (Lipinski definition) is 6. The van der Waals surface area contributed by atoms with Crippen LogP contribution in [0.2, 0.25) is 0 Å². The minimum Gasteiger partial charge on any atom is -0.504 e. The van der Waals surface area contributed by atoms with Crippen LogP contribution in [0, 0.1) is 11.8 Å². The zero-order valence-electron chi connectivity index (χ0n) is 17.8. The SMILES string of the molecule is CCOc1cccc(CN2CCC(C(=O)NCC(C)C)CC2)c1O.O=C(O)C(=O)O. The lowest BCUT2D eigenvalue weighted by atomic mass is 9.95. The van der Waals surface area contributed by atoms with Crippen LogP contribution in [-0.4, -0.2) is 64.3 Å². The molecule has 1 fully saturated rings. The number of aliphatic carboxylic acids is 2. The summed E-state index contributed by atoms with van der Waals surface area (Å²) in [6.07, 6.45) is 1.74. The van der Waals surface area contributed by atoms with Gasteiger partial charge in [-0.05, 0) is 44.8 Å². The van der Waals surface area contributed by atoms with Crippen molar-refractivity contribution in [1.29, 1.82) is 0 Å². The Labute approximate surface area is 176 Å². The van der Waals surface area contributed by atoms with Gasteiger partial charge in [-0.3, -0.25) is 9.69 Å². The molecule has 1 aliphatic rings. The number of carbonyl (C=O) groups is 3. The van der Waals surface area contributed by atoms with E-state index in [-0.39, 0.29) is 17.6 Å². The first-order chi connectivity index (χ1) is 14.1. The molecule has 30 heavy (non-hydrogen) atoms. The van der Waals surface area contributed by atoms with Gasteiger partial charge in [0.2, 0.25) is 5.91 Å². The number of para-hydroxylation sites is 1. The number of piperidine rings is 1. The Morgan fingerprint density at radius 2 is 1.77 bits per heavy atom. The molecule has 168 valence electrons. The molecular weight excluding hydrogens is 392 g/mol. The lowest BCUT2D eigenvalue weighted by molar-refractivity contribution is -0.159. The normalized spacial score (nSPS) is 14.5. The molecule has 0 aliphatic carbocycles. The van der Waals surface area contributed by atoms with Crippen molar-refractivity contribution in [3.63, 3.8) is 0 Å². The Morgan fingerprint density at radius 3 is 2.27 bits per heavy atom. The molecule has 1 aromatic carbocycles. The minimum absolute atomic E-state index is 0.114. The Morgan fingerprint density at radius 1 is 1.17 bits per heavy atom. The van der Waals surface area contributed by atoms with Crippen LogP contribution >= 0.6 is 0 Å². The van der Waals surface area contributed by atoms with Gasteiger partial charge in [0.1, 0.15) is 0 Å². The van der Waals surface area contributed by atoms with Gasteiger partial charge in [-0.15, -0.1) is 0 Å². The van der Waals surface area contributed by atoms with Crippen molar-refractivity contribution < 1.29 is 34.4 Å². The number of amides is 1. The standard InChI is InChI=1S/C19H30N2O3.C2H2O4/c1-4-24-17-7-5-6-16(18(17)22)13-21-10-8-15(9-11-21)19(23)20-12-14(2)3;3-1(4)2(5)6/h5-7,14-15,22H,4,8-13H2,1-3H3,(H,20,23);(H,3,4)(H,5,6). The minimum atomic E-state index is -1.82. The zero-order chi connectivity index (χ0) is 22.7. The quantitative estimate of drug-likeness (QED) is 0.488. The van der Waals surface area contributed by atoms with Gasteiger partial charge in [0.25, 0.3) is 0 Å². The van der Waals surface area contributed by atoms with E-state index in [1.807, 2.05) is 19.1 Å². The van der Waals surface area contributed by atoms with E-state index in [9.17, 15) is 9.90 Å². The predicted octanol–water partition coefficient (Wildman–Crippen LogP) is 1.93. The molecule has 9 heteroatoms. The third-order valence-corrected chi connectivity index (χ3v) is 4.60. The number of carbonyl (C=O) groups excluding carboxylic acids is 1. The lowest BCUT2D eigenvalue weighted by Gasteiger charge is -2.31. The summed E-state index contributed by atoms with van der Waals surface area (Å²) in [5.41, 5.74) is 0.878. The van der Waals surface area contributed by atoms with Gasteiger partial charge in [-0.1, -0.05) is 26.0 Å². The van der Waals surface area contributed by atoms with Gasteiger partial charge in [-0.2, -0.15) is 0 Å². The summed E-state index contributed by atoms with van der Waals surface area (Å²) < 4.78 is 5.44. The van der Waals surface area contributed by atoms with Gasteiger partial charge >= 0.3 is 11.9 Å². The molecule has 1 saturated heterocycles. The number of phenols is 1. The van der Waals surface area contributed by atoms with E-state index in [2.05, 4.69) is 24.1 Å². The average Bonchev–Trinajstić information content (AvgIpc) is 2.70. The molecule has 4 N–H and O–H groups in total. The van der Waals surface area contributed by atoms with Gasteiger partial charge in [0, 0.05) is 24.6 Å². The first-order valence-corrected chi connectivity index (χ1v) is 10.1. The fourth-order valence-corrected chi connectivity index (χ4v) is 3.01. The largest absolute Gasteiger partial charge is 0.504 e. The molecule has 0 atom stereocenters.